The maximum atomic E-state index is 13.9. The number of aryl methyl sites for hydroxylation is 1. The van der Waals surface area contributed by atoms with Crippen molar-refractivity contribution >= 4 is 50.0 Å². The molecule has 21 nitrogen and oxygen atoms in total. The minimum Gasteiger partial charge on any atom is -0.396 e. The Morgan fingerprint density at radius 3 is 2.24 bits per heavy atom. The van der Waals surface area contributed by atoms with E-state index in [1.165, 1.54) is 18.0 Å². The van der Waals surface area contributed by atoms with Crippen LogP contribution in [0.15, 0.2) is 17.7 Å². The number of phosphoric ester groups is 1. The molecule has 22 heteroatoms. The third kappa shape index (κ3) is 16.1. The minimum absolute atomic E-state index is 0.0885. The van der Waals surface area contributed by atoms with Crippen molar-refractivity contribution in [3.05, 3.63) is 18.2 Å². The van der Waals surface area contributed by atoms with E-state index in [-0.39, 0.29) is 24.7 Å². The minimum atomic E-state index is -5.11. The molecule has 2 rings (SSSR count). The van der Waals surface area contributed by atoms with E-state index in [0.29, 0.717) is 38.2 Å². The first-order valence-electron chi connectivity index (χ1n) is 18.1. The Morgan fingerprint density at radius 2 is 1.64 bits per heavy atom. The Hall–Kier alpha value is -4.43. The highest BCUT2D eigenvalue weighted by Gasteiger charge is 2.37. The molecule has 0 aromatic carbocycles. The van der Waals surface area contributed by atoms with Crippen molar-refractivity contribution in [3.63, 3.8) is 0 Å². The number of hydrogen-bond donors (Lipinski definition) is 8. The number of hydrogen-bond acceptors (Lipinski definition) is 12. The van der Waals surface area contributed by atoms with Crippen LogP contribution in [-0.4, -0.2) is 128 Å². The van der Waals surface area contributed by atoms with Gasteiger partial charge in [-0.05, 0) is 51.4 Å². The van der Waals surface area contributed by atoms with Crippen molar-refractivity contribution < 1.29 is 57.6 Å². The van der Waals surface area contributed by atoms with Crippen LogP contribution in [0.4, 0.5) is 0 Å². The zero-order chi connectivity index (χ0) is 41.3. The molecule has 1 aliphatic rings. The molecule has 1 aromatic rings. The lowest BCUT2D eigenvalue weighted by molar-refractivity contribution is -0.139. The van der Waals surface area contributed by atoms with E-state index < -0.39 is 80.3 Å². The van der Waals surface area contributed by atoms with Gasteiger partial charge in [-0.15, -0.1) is 5.16 Å². The molecule has 0 bridgehead atoms. The van der Waals surface area contributed by atoms with Crippen LogP contribution in [0.1, 0.15) is 78.3 Å². The van der Waals surface area contributed by atoms with E-state index in [9.17, 15) is 38.4 Å². The fourth-order valence-corrected chi connectivity index (χ4v) is 6.64. The van der Waals surface area contributed by atoms with Gasteiger partial charge >= 0.3 is 7.82 Å². The topological polar surface area (TPSA) is 306 Å². The summed E-state index contributed by atoms with van der Waals surface area (Å²) in [5.41, 5.74) is 5.85. The Bertz CT molecular complexity index is 1520. The molecule has 1 aromatic heterocycles. The third-order valence-corrected chi connectivity index (χ3v) is 9.42. The number of aliphatic hydroxyl groups excluding tert-OH is 1. The van der Waals surface area contributed by atoms with Crippen LogP contribution in [0, 0.1) is 5.92 Å². The second kappa shape index (κ2) is 22.8. The summed E-state index contributed by atoms with van der Waals surface area (Å²) in [7, 11) is -5.11. The summed E-state index contributed by atoms with van der Waals surface area (Å²) in [6.45, 7) is 9.75. The Labute approximate surface area is 319 Å². The molecule has 2 heterocycles. The number of unbranched alkanes of at least 4 members (excludes halogenated alkanes) is 3. The number of primary amides is 1. The number of oxime groups is 1. The summed E-state index contributed by atoms with van der Waals surface area (Å²) in [5, 5.41) is 23.3. The number of rotatable bonds is 25. The highest BCUT2D eigenvalue weighted by atomic mass is 31.2. The van der Waals surface area contributed by atoms with E-state index in [2.05, 4.69) is 42.6 Å². The fourth-order valence-electron chi connectivity index (χ4n) is 6.08. The summed E-state index contributed by atoms with van der Waals surface area (Å²) in [4.78, 5) is 107. The highest BCUT2D eigenvalue weighted by molar-refractivity contribution is 7.46. The van der Waals surface area contributed by atoms with E-state index in [1.54, 1.807) is 10.9 Å². The van der Waals surface area contributed by atoms with Crippen LogP contribution in [0.3, 0.4) is 0 Å². The normalized spacial score (nSPS) is 17.0. The van der Waals surface area contributed by atoms with Gasteiger partial charge in [0, 0.05) is 45.0 Å². The molecule has 0 spiro atoms. The van der Waals surface area contributed by atoms with Crippen LogP contribution in [-0.2, 0) is 55.7 Å². The van der Waals surface area contributed by atoms with Gasteiger partial charge in [0.15, 0.2) is 0 Å². The van der Waals surface area contributed by atoms with Crippen LogP contribution in [0.5, 0.6) is 0 Å². The largest absolute Gasteiger partial charge is 0.469 e. The first kappa shape index (κ1) is 46.7. The highest BCUT2D eigenvalue weighted by Crippen LogP contribution is 2.38. The van der Waals surface area contributed by atoms with Crippen LogP contribution < -0.4 is 27.0 Å². The monoisotopic (exact) mass is 801 g/mol. The maximum Gasteiger partial charge on any atom is 0.469 e. The van der Waals surface area contributed by atoms with Crippen molar-refractivity contribution in [1.82, 2.24) is 35.7 Å². The van der Waals surface area contributed by atoms with Crippen LogP contribution in [0.25, 0.3) is 0 Å². The number of phosphoric acid groups is 1. The van der Waals surface area contributed by atoms with Gasteiger partial charge in [0.25, 0.3) is 0 Å². The van der Waals surface area contributed by atoms with E-state index in [4.69, 9.17) is 20.4 Å². The average molecular weight is 802 g/mol. The summed E-state index contributed by atoms with van der Waals surface area (Å²) >= 11 is 0. The van der Waals surface area contributed by atoms with Gasteiger partial charge in [0.2, 0.25) is 35.4 Å². The molecule has 0 saturated carbocycles. The quantitative estimate of drug-likeness (QED) is 0.0244. The number of nitrogens with zero attached hydrogens (tertiary/aromatic N) is 4. The number of carbonyl (C=O) groups is 6. The summed E-state index contributed by atoms with van der Waals surface area (Å²) in [5.74, 6) is -4.91. The van der Waals surface area contributed by atoms with Gasteiger partial charge in [-0.25, -0.2) is 9.55 Å². The van der Waals surface area contributed by atoms with Crippen molar-refractivity contribution in [2.24, 2.45) is 16.8 Å². The SMILES string of the molecule is C=NOCCCCCCn1cncc1C[C@H](NC(=O)[C@H](CC(C)C)NC(=O)[C@@H]1CCCN1C(C)=O)C(=O)N[C@@H](CO)C(=O)N[C@H](C(N)=O)[C@@H](C)OP(=O)(O)O. The first-order chi connectivity index (χ1) is 25.9. The molecule has 0 unspecified atom stereocenters. The molecular weight excluding hydrogens is 745 g/mol. The molecule has 310 valence electrons. The second-order valence-electron chi connectivity index (χ2n) is 13.7. The van der Waals surface area contributed by atoms with E-state index in [0.717, 1.165) is 32.6 Å². The summed E-state index contributed by atoms with van der Waals surface area (Å²) in [6, 6.07) is -6.79. The van der Waals surface area contributed by atoms with E-state index in [1.807, 2.05) is 13.8 Å². The van der Waals surface area contributed by atoms with Crippen molar-refractivity contribution in [3.8, 4) is 0 Å². The predicted molar refractivity (Wildman–Crippen MR) is 196 cm³/mol. The standard InChI is InChI=1S/C33H56N9O12P/c1-20(2)15-24(38-33(49)27-11-10-13-42(27)22(4)44)30(46)37-25(16-23-17-36-19-41(23)12-8-6-7-9-14-53-35-5)31(47)39-26(18-43)32(48)40-28(29(34)45)21(3)54-55(50,51)52/h17,19-21,24-28,43H,5-16,18H2,1-4H3,(H2,34,45)(H,37,46)(H,38,49)(H,39,47)(H,40,48)(H2,50,51,52)/t21-,24+,25+,26+,27+,28+/m1/s1. The molecule has 6 atom stereocenters. The molecule has 0 radical (unpaired) electrons. The maximum absolute atomic E-state index is 13.9. The van der Waals surface area contributed by atoms with Gasteiger partial charge in [-0.3, -0.25) is 33.3 Å². The summed E-state index contributed by atoms with van der Waals surface area (Å²) in [6.07, 6.45) is 5.76. The predicted octanol–water partition coefficient (Wildman–Crippen LogP) is -1.41. The summed E-state index contributed by atoms with van der Waals surface area (Å²) < 4.78 is 17.6. The number of nitrogens with two attached hydrogens (primary N) is 1. The molecule has 1 aliphatic heterocycles. The smallest absolute Gasteiger partial charge is 0.396 e. The van der Waals surface area contributed by atoms with E-state index >= 15 is 0 Å². The number of imidazole rings is 1. The molecule has 1 saturated heterocycles. The molecular formula is C33H56N9O12P. The zero-order valence-electron chi connectivity index (χ0n) is 31.7. The van der Waals surface area contributed by atoms with Gasteiger partial charge in [0.05, 0.1) is 19.0 Å². The number of aliphatic hydroxyl groups is 1. The molecule has 55 heavy (non-hydrogen) atoms. The zero-order valence-corrected chi connectivity index (χ0v) is 32.6. The Kier molecular flexibility index (Phi) is 19.4. The third-order valence-electron chi connectivity index (χ3n) is 8.81. The van der Waals surface area contributed by atoms with Gasteiger partial charge in [-0.1, -0.05) is 20.3 Å². The average Bonchev–Trinajstić information content (AvgIpc) is 3.77. The lowest BCUT2D eigenvalue weighted by Crippen LogP contribution is -2.61. The molecule has 1 fully saturated rings. The second-order valence-corrected chi connectivity index (χ2v) is 14.9. The molecule has 9 N–H and O–H groups in total. The number of carbonyl (C=O) groups excluding carboxylic acids is 6. The molecule has 6 amide bonds. The van der Waals surface area contributed by atoms with Crippen LogP contribution >= 0.6 is 7.82 Å². The Morgan fingerprint density at radius 1 is 1.00 bits per heavy atom. The Balaban J connectivity index is 2.34. The van der Waals surface area contributed by atoms with Gasteiger partial charge < -0.3 is 56.2 Å². The molecule has 0 aliphatic carbocycles. The van der Waals surface area contributed by atoms with Crippen molar-refractivity contribution in [2.75, 3.05) is 19.8 Å². The van der Waals surface area contributed by atoms with Crippen LogP contribution in [0.2, 0.25) is 0 Å². The van der Waals surface area contributed by atoms with Crippen molar-refractivity contribution in [2.45, 2.75) is 122 Å². The number of nitrogens with one attached hydrogen (secondary N) is 4. The van der Waals surface area contributed by atoms with Gasteiger partial charge in [0.1, 0.15) is 36.8 Å². The number of likely N-dealkylation sites (tertiary alicyclic amines) is 1. The first-order valence-corrected chi connectivity index (χ1v) is 19.6. The lowest BCUT2D eigenvalue weighted by atomic mass is 10.0. The number of amides is 6. The van der Waals surface area contributed by atoms with Crippen molar-refractivity contribution in [1.29, 1.82) is 0 Å². The fraction of sp³-hybridized carbons (Fsp3) is 0.697. The van der Waals surface area contributed by atoms with Gasteiger partial charge in [-0.2, -0.15) is 0 Å². The lowest BCUT2D eigenvalue weighted by Gasteiger charge is -2.28. The number of aromatic nitrogens is 2.